The van der Waals surface area contributed by atoms with Gasteiger partial charge in [0.2, 0.25) is 0 Å². The third kappa shape index (κ3) is 8.99. The molecule has 0 spiro atoms. The Hall–Kier alpha value is -3.06. The van der Waals surface area contributed by atoms with Gasteiger partial charge in [0.25, 0.3) is 0 Å². The van der Waals surface area contributed by atoms with Gasteiger partial charge in [-0.25, -0.2) is 0 Å². The molecule has 212 valence electrons. The minimum atomic E-state index is -0.0974. The maximum absolute atomic E-state index is 10.9. The van der Waals surface area contributed by atoms with Crippen molar-refractivity contribution in [2.24, 2.45) is 0 Å². The summed E-state index contributed by atoms with van der Waals surface area (Å²) in [4.78, 5) is 0. The number of unbranched alkanes of at least 4 members (excludes halogenated alkanes) is 1. The molecule has 0 aliphatic carbocycles. The molecule has 0 aliphatic rings. The Balaban J connectivity index is 2.12. The SMILES string of the molecule is CCCOCCOc1ccc(C)cc1-c1cc(C)cc(-c2cc(C)ccc2OCCCC[O-])c1OCCCO. The fourth-order valence-corrected chi connectivity index (χ4v) is 4.37. The molecule has 0 amide bonds. The summed E-state index contributed by atoms with van der Waals surface area (Å²) < 4.78 is 24.4. The molecule has 0 fully saturated rings. The van der Waals surface area contributed by atoms with E-state index >= 15 is 0 Å². The van der Waals surface area contributed by atoms with Crippen molar-refractivity contribution < 1.29 is 29.2 Å². The minimum Gasteiger partial charge on any atom is -0.854 e. The van der Waals surface area contributed by atoms with Crippen molar-refractivity contribution in [1.29, 1.82) is 0 Å². The second-order valence-corrected chi connectivity index (χ2v) is 9.83. The van der Waals surface area contributed by atoms with E-state index in [0.717, 1.165) is 62.6 Å². The zero-order valence-electron chi connectivity index (χ0n) is 23.9. The van der Waals surface area contributed by atoms with Gasteiger partial charge in [-0.05, 0) is 75.6 Å². The van der Waals surface area contributed by atoms with Gasteiger partial charge in [0.1, 0.15) is 23.9 Å². The highest BCUT2D eigenvalue weighted by atomic mass is 16.5. The van der Waals surface area contributed by atoms with Gasteiger partial charge < -0.3 is 29.2 Å². The number of hydrogen-bond acceptors (Lipinski definition) is 6. The summed E-state index contributed by atoms with van der Waals surface area (Å²) in [6.45, 7) is 10.8. The maximum atomic E-state index is 10.9. The van der Waals surface area contributed by atoms with E-state index in [1.54, 1.807) is 0 Å². The van der Waals surface area contributed by atoms with Gasteiger partial charge in [-0.2, -0.15) is 0 Å². The van der Waals surface area contributed by atoms with E-state index in [0.29, 0.717) is 52.3 Å². The van der Waals surface area contributed by atoms with Crippen molar-refractivity contribution in [3.8, 4) is 39.5 Å². The van der Waals surface area contributed by atoms with Crippen LogP contribution >= 0.6 is 0 Å². The zero-order valence-corrected chi connectivity index (χ0v) is 23.9. The Morgan fingerprint density at radius 2 is 1.18 bits per heavy atom. The van der Waals surface area contributed by atoms with E-state index in [1.807, 2.05) is 24.3 Å². The lowest BCUT2D eigenvalue weighted by atomic mass is 9.92. The normalized spacial score (nSPS) is 11.0. The molecule has 3 aromatic rings. The van der Waals surface area contributed by atoms with Crippen molar-refractivity contribution in [2.75, 3.05) is 46.2 Å². The summed E-state index contributed by atoms with van der Waals surface area (Å²) >= 11 is 0. The van der Waals surface area contributed by atoms with Crippen LogP contribution in [0.4, 0.5) is 0 Å². The van der Waals surface area contributed by atoms with Crippen LogP contribution in [0.15, 0.2) is 48.5 Å². The number of ether oxygens (including phenoxy) is 4. The summed E-state index contributed by atoms with van der Waals surface area (Å²) in [5, 5.41) is 20.4. The molecule has 1 N–H and O–H groups in total. The highest BCUT2D eigenvalue weighted by molar-refractivity contribution is 5.87. The van der Waals surface area contributed by atoms with E-state index < -0.39 is 0 Å². The lowest BCUT2D eigenvalue weighted by molar-refractivity contribution is -0.368. The number of aryl methyl sites for hydroxylation is 3. The van der Waals surface area contributed by atoms with Crippen LogP contribution in [0, 0.1) is 20.8 Å². The van der Waals surface area contributed by atoms with E-state index in [4.69, 9.17) is 18.9 Å². The summed E-state index contributed by atoms with van der Waals surface area (Å²) in [5.74, 6) is 2.24. The van der Waals surface area contributed by atoms with Gasteiger partial charge in [0.15, 0.2) is 0 Å². The summed E-state index contributed by atoms with van der Waals surface area (Å²) in [6, 6.07) is 16.5. The molecule has 0 heterocycles. The van der Waals surface area contributed by atoms with Crippen LogP contribution in [0.3, 0.4) is 0 Å². The average Bonchev–Trinajstić information content (AvgIpc) is 2.93. The van der Waals surface area contributed by atoms with Crippen LogP contribution in [0.2, 0.25) is 0 Å². The van der Waals surface area contributed by atoms with Gasteiger partial charge in [-0.3, -0.25) is 0 Å². The largest absolute Gasteiger partial charge is 0.854 e. The predicted octanol–water partition coefficient (Wildman–Crippen LogP) is 6.03. The Kier molecular flexibility index (Phi) is 12.6. The van der Waals surface area contributed by atoms with Crippen molar-refractivity contribution in [1.82, 2.24) is 0 Å². The number of rotatable bonds is 17. The van der Waals surface area contributed by atoms with Crippen LogP contribution in [0.5, 0.6) is 17.2 Å². The first-order valence-corrected chi connectivity index (χ1v) is 14.0. The summed E-state index contributed by atoms with van der Waals surface area (Å²) in [6.07, 6.45) is 2.79. The lowest BCUT2D eigenvalue weighted by Gasteiger charge is -2.22. The molecular weight excluding hydrogens is 492 g/mol. The van der Waals surface area contributed by atoms with Gasteiger partial charge in [0.05, 0.1) is 19.8 Å². The number of benzene rings is 3. The molecule has 3 rings (SSSR count). The van der Waals surface area contributed by atoms with Crippen LogP contribution in [0.25, 0.3) is 22.3 Å². The van der Waals surface area contributed by atoms with E-state index in [1.165, 1.54) is 0 Å². The molecular formula is C33H43O6-. The van der Waals surface area contributed by atoms with Crippen LogP contribution < -0.4 is 19.3 Å². The summed E-state index contributed by atoms with van der Waals surface area (Å²) in [7, 11) is 0. The fraction of sp³-hybridized carbons (Fsp3) is 0.455. The Labute approximate surface area is 233 Å². The lowest BCUT2D eigenvalue weighted by Crippen LogP contribution is -2.09. The first-order valence-electron chi connectivity index (χ1n) is 14.0. The first kappa shape index (κ1) is 30.5. The predicted molar refractivity (Wildman–Crippen MR) is 155 cm³/mol. The van der Waals surface area contributed by atoms with Crippen LogP contribution in [-0.4, -0.2) is 51.4 Å². The first-order chi connectivity index (χ1) is 19.0. The molecule has 6 heteroatoms. The van der Waals surface area contributed by atoms with Crippen molar-refractivity contribution >= 4 is 0 Å². The number of aliphatic hydroxyl groups excluding tert-OH is 1. The van der Waals surface area contributed by atoms with Crippen molar-refractivity contribution in [3.05, 3.63) is 65.2 Å². The highest BCUT2D eigenvalue weighted by Crippen LogP contribution is 2.46. The number of aliphatic hydroxyl groups is 1. The second-order valence-electron chi connectivity index (χ2n) is 9.83. The van der Waals surface area contributed by atoms with E-state index in [2.05, 4.69) is 52.0 Å². The third-order valence-electron chi connectivity index (χ3n) is 6.26. The zero-order chi connectivity index (χ0) is 28.0. The van der Waals surface area contributed by atoms with Gasteiger partial charge in [0, 0.05) is 41.9 Å². The second kappa shape index (κ2) is 16.1. The maximum Gasteiger partial charge on any atom is 0.135 e. The molecule has 39 heavy (non-hydrogen) atoms. The highest BCUT2D eigenvalue weighted by Gasteiger charge is 2.21. The molecule has 0 aliphatic heterocycles. The molecule has 3 aromatic carbocycles. The topological polar surface area (TPSA) is 80.2 Å². The quantitative estimate of drug-likeness (QED) is 0.213. The molecule has 0 unspecified atom stereocenters. The standard InChI is InChI=1S/C33H43O6/c1-5-15-36-18-19-38-32-12-10-25(3)21-28(32)30-23-26(4)22-29(33(30)39-17-8-14-35)27-20-24(2)9-11-31(27)37-16-7-6-13-34/h9-12,20-23,35H,5-8,13-19H2,1-4H3/q-1. The Bertz CT molecular complexity index is 1170. The molecule has 0 radical (unpaired) electrons. The third-order valence-corrected chi connectivity index (χ3v) is 6.26. The van der Waals surface area contributed by atoms with Gasteiger partial charge in [-0.15, -0.1) is 6.61 Å². The average molecular weight is 536 g/mol. The summed E-state index contributed by atoms with van der Waals surface area (Å²) in [5.41, 5.74) is 7.02. The molecule has 0 saturated heterocycles. The molecule has 0 bridgehead atoms. The van der Waals surface area contributed by atoms with Crippen molar-refractivity contribution in [3.63, 3.8) is 0 Å². The molecule has 0 saturated carbocycles. The fourth-order valence-electron chi connectivity index (χ4n) is 4.37. The smallest absolute Gasteiger partial charge is 0.135 e. The van der Waals surface area contributed by atoms with Crippen LogP contribution in [-0.2, 0) is 4.74 Å². The van der Waals surface area contributed by atoms with Crippen LogP contribution in [0.1, 0.15) is 49.3 Å². The van der Waals surface area contributed by atoms with E-state index in [-0.39, 0.29) is 13.2 Å². The molecule has 0 aromatic heterocycles. The van der Waals surface area contributed by atoms with Gasteiger partial charge >= 0.3 is 0 Å². The minimum absolute atomic E-state index is 0.0472. The van der Waals surface area contributed by atoms with Gasteiger partial charge in [-0.1, -0.05) is 36.6 Å². The molecule has 6 nitrogen and oxygen atoms in total. The molecule has 0 atom stereocenters. The Morgan fingerprint density at radius 1 is 0.615 bits per heavy atom. The number of hydrogen-bond donors (Lipinski definition) is 1. The monoisotopic (exact) mass is 535 g/mol. The Morgan fingerprint density at radius 3 is 1.74 bits per heavy atom. The van der Waals surface area contributed by atoms with E-state index in [9.17, 15) is 10.2 Å². The van der Waals surface area contributed by atoms with Crippen molar-refractivity contribution in [2.45, 2.75) is 53.4 Å².